The summed E-state index contributed by atoms with van der Waals surface area (Å²) in [6.45, 7) is 2.60. The van der Waals surface area contributed by atoms with Gasteiger partial charge in [0, 0.05) is 30.5 Å². The quantitative estimate of drug-likeness (QED) is 0.857. The number of hydrogen-bond acceptors (Lipinski definition) is 3. The van der Waals surface area contributed by atoms with Crippen LogP contribution in [0.4, 0.5) is 10.2 Å². The van der Waals surface area contributed by atoms with Crippen molar-refractivity contribution < 1.29 is 9.13 Å². The number of aromatic nitrogens is 2. The van der Waals surface area contributed by atoms with Crippen LogP contribution < -0.4 is 5.32 Å². The van der Waals surface area contributed by atoms with Crippen molar-refractivity contribution in [1.82, 2.24) is 9.78 Å². The number of hydrogen-bond donors (Lipinski definition) is 1. The summed E-state index contributed by atoms with van der Waals surface area (Å²) < 4.78 is 20.9. The summed E-state index contributed by atoms with van der Waals surface area (Å²) in [6.07, 6.45) is 2.15. The van der Waals surface area contributed by atoms with E-state index in [-0.39, 0.29) is 5.82 Å². The molecule has 2 atom stereocenters. The largest absolute Gasteiger partial charge is 0.381 e. The number of ether oxygens (including phenoxy) is 1. The Kier molecular flexibility index (Phi) is 2.48. The molecule has 0 amide bonds. The predicted molar refractivity (Wildman–Crippen MR) is 70.8 cm³/mol. The maximum atomic E-state index is 13.3. The summed E-state index contributed by atoms with van der Waals surface area (Å²) in [4.78, 5) is 0. The van der Waals surface area contributed by atoms with Crippen molar-refractivity contribution in [2.45, 2.75) is 18.9 Å². The van der Waals surface area contributed by atoms with E-state index in [1.807, 2.05) is 10.7 Å². The van der Waals surface area contributed by atoms with Gasteiger partial charge >= 0.3 is 0 Å². The number of anilines is 1. The van der Waals surface area contributed by atoms with Crippen LogP contribution in [0.25, 0.3) is 10.9 Å². The molecular weight excluding hydrogens is 245 g/mol. The van der Waals surface area contributed by atoms with Gasteiger partial charge in [-0.1, -0.05) is 0 Å². The molecule has 1 N–H and O–H groups in total. The SMILES string of the molecule is Fc1ccc2c3n(nc2c1)C(C1CCOC1)CCN3. The first kappa shape index (κ1) is 11.2. The van der Waals surface area contributed by atoms with Gasteiger partial charge < -0.3 is 10.1 Å². The summed E-state index contributed by atoms with van der Waals surface area (Å²) in [5.41, 5.74) is 0.730. The van der Waals surface area contributed by atoms with E-state index in [4.69, 9.17) is 4.74 Å². The molecule has 0 saturated carbocycles. The van der Waals surface area contributed by atoms with Crippen LogP contribution in [0.3, 0.4) is 0 Å². The van der Waals surface area contributed by atoms with Gasteiger partial charge in [-0.3, -0.25) is 0 Å². The summed E-state index contributed by atoms with van der Waals surface area (Å²) in [5.74, 6) is 1.32. The molecule has 2 aliphatic rings. The van der Waals surface area contributed by atoms with E-state index >= 15 is 0 Å². The molecule has 1 aromatic carbocycles. The summed E-state index contributed by atoms with van der Waals surface area (Å²) >= 11 is 0. The molecule has 4 rings (SSSR count). The molecule has 1 aromatic heterocycles. The number of nitrogens with zero attached hydrogens (tertiary/aromatic N) is 2. The minimum absolute atomic E-state index is 0.233. The maximum absolute atomic E-state index is 13.3. The van der Waals surface area contributed by atoms with E-state index in [1.54, 1.807) is 0 Å². The Bertz CT molecular complexity index is 618. The van der Waals surface area contributed by atoms with Crippen LogP contribution >= 0.6 is 0 Å². The van der Waals surface area contributed by atoms with Gasteiger partial charge in [-0.05, 0) is 25.0 Å². The second-order valence-corrected chi connectivity index (χ2v) is 5.36. The Hall–Kier alpha value is -1.62. The Morgan fingerprint density at radius 2 is 2.32 bits per heavy atom. The van der Waals surface area contributed by atoms with Crippen LogP contribution in [-0.2, 0) is 4.74 Å². The molecule has 2 aromatic rings. The van der Waals surface area contributed by atoms with Crippen LogP contribution in [0.15, 0.2) is 18.2 Å². The van der Waals surface area contributed by atoms with E-state index in [1.165, 1.54) is 12.1 Å². The second-order valence-electron chi connectivity index (χ2n) is 5.36. The van der Waals surface area contributed by atoms with E-state index in [0.717, 1.165) is 49.3 Å². The zero-order chi connectivity index (χ0) is 12.8. The first-order chi connectivity index (χ1) is 9.33. The smallest absolute Gasteiger partial charge is 0.132 e. The van der Waals surface area contributed by atoms with E-state index < -0.39 is 0 Å². The molecule has 4 nitrogen and oxygen atoms in total. The monoisotopic (exact) mass is 261 g/mol. The van der Waals surface area contributed by atoms with Gasteiger partial charge in [0.15, 0.2) is 0 Å². The standard InChI is InChI=1S/C14H16FN3O/c15-10-1-2-11-12(7-10)17-18-13(3-5-16-14(11)18)9-4-6-19-8-9/h1-2,7,9,13,16H,3-6,8H2. The summed E-state index contributed by atoms with van der Waals surface area (Å²) in [7, 11) is 0. The number of halogens is 1. The summed E-state index contributed by atoms with van der Waals surface area (Å²) in [5, 5.41) is 9.00. The number of rotatable bonds is 1. The zero-order valence-corrected chi connectivity index (χ0v) is 10.6. The van der Waals surface area contributed by atoms with Gasteiger partial charge in [-0.15, -0.1) is 0 Å². The van der Waals surface area contributed by atoms with Crippen LogP contribution in [-0.4, -0.2) is 29.5 Å². The van der Waals surface area contributed by atoms with E-state index in [9.17, 15) is 4.39 Å². The minimum atomic E-state index is -0.233. The molecule has 19 heavy (non-hydrogen) atoms. The Morgan fingerprint density at radius 3 is 3.16 bits per heavy atom. The van der Waals surface area contributed by atoms with Crippen molar-refractivity contribution in [3.63, 3.8) is 0 Å². The fourth-order valence-corrected chi connectivity index (χ4v) is 3.25. The molecule has 0 bridgehead atoms. The van der Waals surface area contributed by atoms with Crippen molar-refractivity contribution in [2.24, 2.45) is 5.92 Å². The van der Waals surface area contributed by atoms with Gasteiger partial charge in [0.2, 0.25) is 0 Å². The molecule has 2 unspecified atom stereocenters. The molecule has 2 aliphatic heterocycles. The van der Waals surface area contributed by atoms with Crippen molar-refractivity contribution >= 4 is 16.7 Å². The minimum Gasteiger partial charge on any atom is -0.381 e. The molecule has 1 saturated heterocycles. The third-order valence-corrected chi connectivity index (χ3v) is 4.22. The average molecular weight is 261 g/mol. The highest BCUT2D eigenvalue weighted by molar-refractivity contribution is 5.90. The molecule has 3 heterocycles. The van der Waals surface area contributed by atoms with Crippen molar-refractivity contribution in [3.8, 4) is 0 Å². The van der Waals surface area contributed by atoms with Crippen LogP contribution in [0.5, 0.6) is 0 Å². The number of nitrogens with one attached hydrogen (secondary N) is 1. The van der Waals surface area contributed by atoms with E-state index in [2.05, 4.69) is 10.4 Å². The van der Waals surface area contributed by atoms with Gasteiger partial charge in [0.1, 0.15) is 11.6 Å². The molecular formula is C14H16FN3O. The Balaban J connectivity index is 1.83. The number of benzene rings is 1. The fourth-order valence-electron chi connectivity index (χ4n) is 3.25. The highest BCUT2D eigenvalue weighted by atomic mass is 19.1. The first-order valence-electron chi connectivity index (χ1n) is 6.82. The normalized spacial score (nSPS) is 26.4. The van der Waals surface area contributed by atoms with Crippen LogP contribution in [0.1, 0.15) is 18.9 Å². The second kappa shape index (κ2) is 4.20. The fraction of sp³-hybridized carbons (Fsp3) is 0.500. The van der Waals surface area contributed by atoms with Crippen molar-refractivity contribution in [2.75, 3.05) is 25.1 Å². The number of fused-ring (bicyclic) bond motifs is 3. The lowest BCUT2D eigenvalue weighted by Crippen LogP contribution is -2.29. The van der Waals surface area contributed by atoms with Gasteiger partial charge in [0.05, 0.1) is 18.2 Å². The predicted octanol–water partition coefficient (Wildman–Crippen LogP) is 2.57. The van der Waals surface area contributed by atoms with Crippen molar-refractivity contribution in [1.29, 1.82) is 0 Å². The van der Waals surface area contributed by atoms with Gasteiger partial charge in [-0.25, -0.2) is 9.07 Å². The van der Waals surface area contributed by atoms with Gasteiger partial charge in [0.25, 0.3) is 0 Å². The molecule has 0 radical (unpaired) electrons. The topological polar surface area (TPSA) is 39.1 Å². The Morgan fingerprint density at radius 1 is 1.37 bits per heavy atom. The highest BCUT2D eigenvalue weighted by Gasteiger charge is 2.32. The van der Waals surface area contributed by atoms with Crippen molar-refractivity contribution in [3.05, 3.63) is 24.0 Å². The third kappa shape index (κ3) is 1.72. The molecule has 0 spiro atoms. The molecule has 0 aliphatic carbocycles. The lowest BCUT2D eigenvalue weighted by Gasteiger charge is -2.29. The first-order valence-corrected chi connectivity index (χ1v) is 6.82. The molecule has 1 fully saturated rings. The average Bonchev–Trinajstić information content (AvgIpc) is 3.04. The molecule has 5 heteroatoms. The van der Waals surface area contributed by atoms with Gasteiger partial charge in [-0.2, -0.15) is 5.10 Å². The lowest BCUT2D eigenvalue weighted by atomic mass is 9.95. The third-order valence-electron chi connectivity index (χ3n) is 4.22. The lowest BCUT2D eigenvalue weighted by molar-refractivity contribution is 0.167. The van der Waals surface area contributed by atoms with Crippen LogP contribution in [0, 0.1) is 11.7 Å². The summed E-state index contributed by atoms with van der Waals surface area (Å²) in [6, 6.07) is 5.18. The van der Waals surface area contributed by atoms with E-state index in [0.29, 0.717) is 12.0 Å². The Labute approximate surface area is 110 Å². The van der Waals surface area contributed by atoms with Crippen LogP contribution in [0.2, 0.25) is 0 Å². The highest BCUT2D eigenvalue weighted by Crippen LogP contribution is 2.37. The molecule has 100 valence electrons. The maximum Gasteiger partial charge on any atom is 0.132 e. The zero-order valence-electron chi connectivity index (χ0n) is 10.6.